The van der Waals surface area contributed by atoms with Crippen molar-refractivity contribution in [1.29, 1.82) is 0 Å². The lowest BCUT2D eigenvalue weighted by Crippen LogP contribution is -2.48. The van der Waals surface area contributed by atoms with Crippen molar-refractivity contribution in [3.8, 4) is 5.75 Å². The molecule has 2 fully saturated rings. The zero-order valence-corrected chi connectivity index (χ0v) is 13.3. The van der Waals surface area contributed by atoms with Crippen LogP contribution in [0.1, 0.15) is 31.2 Å². The average Bonchev–Trinajstić information content (AvgIpc) is 2.75. The molecule has 4 nitrogen and oxygen atoms in total. The van der Waals surface area contributed by atoms with E-state index in [-0.39, 0.29) is 5.91 Å². The van der Waals surface area contributed by atoms with E-state index in [1.165, 1.54) is 12.8 Å². The molecule has 2 heterocycles. The van der Waals surface area contributed by atoms with E-state index in [4.69, 9.17) is 4.74 Å². The molecule has 0 aromatic heterocycles. The minimum Gasteiger partial charge on any atom is -0.496 e. The maximum atomic E-state index is 12.1. The van der Waals surface area contributed by atoms with E-state index in [1.54, 1.807) is 13.2 Å². The molecule has 1 amide bonds. The van der Waals surface area contributed by atoms with E-state index in [0.29, 0.717) is 18.1 Å². The Morgan fingerprint density at radius 1 is 1.27 bits per heavy atom. The number of fused-ring (bicyclic) bond motifs is 2. The third-order valence-electron chi connectivity index (χ3n) is 5.00. The number of carbonyl (C=O) groups excluding carboxylic acids is 1. The SMILES string of the molecule is COc1ccccc1/C=C/C(=O)NC1CC2CCC(C1)N2C. The molecular weight excluding hydrogens is 276 g/mol. The first-order chi connectivity index (χ1) is 10.7. The van der Waals surface area contributed by atoms with Gasteiger partial charge in [-0.25, -0.2) is 0 Å². The molecule has 0 saturated carbocycles. The number of piperidine rings is 1. The third kappa shape index (κ3) is 3.17. The number of ether oxygens (including phenoxy) is 1. The Balaban J connectivity index is 1.58. The minimum absolute atomic E-state index is 0.0140. The monoisotopic (exact) mass is 300 g/mol. The van der Waals surface area contributed by atoms with Gasteiger partial charge in [-0.15, -0.1) is 0 Å². The lowest BCUT2D eigenvalue weighted by molar-refractivity contribution is -0.117. The molecule has 118 valence electrons. The van der Waals surface area contributed by atoms with Crippen LogP contribution in [0, 0.1) is 0 Å². The standard InChI is InChI=1S/C18H24N2O2/c1-20-15-8-9-16(20)12-14(11-15)19-18(21)10-7-13-5-3-4-6-17(13)22-2/h3-7,10,14-16H,8-9,11-12H2,1-2H3,(H,19,21)/b10-7+. The number of benzene rings is 1. The van der Waals surface area contributed by atoms with E-state index in [0.717, 1.165) is 24.2 Å². The predicted molar refractivity (Wildman–Crippen MR) is 87.8 cm³/mol. The smallest absolute Gasteiger partial charge is 0.244 e. The Labute approximate surface area is 132 Å². The molecule has 22 heavy (non-hydrogen) atoms. The van der Waals surface area contributed by atoms with Gasteiger partial charge in [-0.3, -0.25) is 4.79 Å². The summed E-state index contributed by atoms with van der Waals surface area (Å²) in [4.78, 5) is 14.6. The van der Waals surface area contributed by atoms with Gasteiger partial charge in [0.25, 0.3) is 0 Å². The molecule has 2 atom stereocenters. The Bertz CT molecular complexity index is 556. The zero-order chi connectivity index (χ0) is 15.5. The second-order valence-corrected chi connectivity index (χ2v) is 6.30. The lowest BCUT2D eigenvalue weighted by atomic mass is 9.98. The van der Waals surface area contributed by atoms with Gasteiger partial charge in [0.15, 0.2) is 0 Å². The van der Waals surface area contributed by atoms with E-state index in [2.05, 4.69) is 17.3 Å². The van der Waals surface area contributed by atoms with Crippen molar-refractivity contribution in [1.82, 2.24) is 10.2 Å². The van der Waals surface area contributed by atoms with Gasteiger partial charge < -0.3 is 15.0 Å². The van der Waals surface area contributed by atoms with Gasteiger partial charge in [0, 0.05) is 29.8 Å². The second kappa shape index (κ2) is 6.53. The highest BCUT2D eigenvalue weighted by molar-refractivity contribution is 5.92. The van der Waals surface area contributed by atoms with Gasteiger partial charge in [0.2, 0.25) is 5.91 Å². The van der Waals surface area contributed by atoms with Crippen LogP contribution in [-0.2, 0) is 4.79 Å². The topological polar surface area (TPSA) is 41.6 Å². The van der Waals surface area contributed by atoms with Crippen molar-refractivity contribution in [2.75, 3.05) is 14.2 Å². The number of amides is 1. The summed E-state index contributed by atoms with van der Waals surface area (Å²) >= 11 is 0. The van der Waals surface area contributed by atoms with Gasteiger partial charge in [0.05, 0.1) is 7.11 Å². The average molecular weight is 300 g/mol. The molecule has 1 aromatic carbocycles. The highest BCUT2D eigenvalue weighted by Crippen LogP contribution is 2.34. The van der Waals surface area contributed by atoms with Crippen molar-refractivity contribution in [3.63, 3.8) is 0 Å². The molecule has 0 radical (unpaired) electrons. The predicted octanol–water partition coefficient (Wildman–Crippen LogP) is 2.45. The number of methoxy groups -OCH3 is 1. The maximum Gasteiger partial charge on any atom is 0.244 e. The van der Waals surface area contributed by atoms with Crippen LogP contribution in [0.2, 0.25) is 0 Å². The molecule has 2 aliphatic heterocycles. The van der Waals surface area contributed by atoms with Crippen molar-refractivity contribution in [3.05, 3.63) is 35.9 Å². The molecule has 2 aliphatic rings. The van der Waals surface area contributed by atoms with E-state index in [1.807, 2.05) is 30.3 Å². The van der Waals surface area contributed by atoms with E-state index in [9.17, 15) is 4.79 Å². The van der Waals surface area contributed by atoms with E-state index < -0.39 is 0 Å². The fourth-order valence-electron chi connectivity index (χ4n) is 3.75. The van der Waals surface area contributed by atoms with Gasteiger partial charge in [-0.05, 0) is 44.9 Å². The van der Waals surface area contributed by atoms with E-state index >= 15 is 0 Å². The van der Waals surface area contributed by atoms with Gasteiger partial charge in [-0.2, -0.15) is 0 Å². The van der Waals surface area contributed by atoms with Crippen LogP contribution in [0.3, 0.4) is 0 Å². The molecule has 4 heteroatoms. The summed E-state index contributed by atoms with van der Waals surface area (Å²) < 4.78 is 5.29. The summed E-state index contributed by atoms with van der Waals surface area (Å²) in [7, 11) is 3.85. The van der Waals surface area contributed by atoms with Crippen molar-refractivity contribution in [2.45, 2.75) is 43.8 Å². The van der Waals surface area contributed by atoms with Gasteiger partial charge in [-0.1, -0.05) is 18.2 Å². The zero-order valence-electron chi connectivity index (χ0n) is 13.3. The molecular formula is C18H24N2O2. The molecule has 3 rings (SSSR count). The summed E-state index contributed by atoms with van der Waals surface area (Å²) in [6, 6.07) is 9.29. The second-order valence-electron chi connectivity index (χ2n) is 6.30. The van der Waals surface area contributed by atoms with Crippen LogP contribution in [0.5, 0.6) is 5.75 Å². The number of rotatable bonds is 4. The quantitative estimate of drug-likeness (QED) is 0.869. The summed E-state index contributed by atoms with van der Waals surface area (Å²) in [5.74, 6) is 0.767. The molecule has 0 aliphatic carbocycles. The lowest BCUT2D eigenvalue weighted by Gasteiger charge is -2.36. The minimum atomic E-state index is -0.0140. The highest BCUT2D eigenvalue weighted by Gasteiger charge is 2.38. The van der Waals surface area contributed by atoms with Crippen LogP contribution in [-0.4, -0.2) is 43.1 Å². The van der Waals surface area contributed by atoms with Crippen LogP contribution >= 0.6 is 0 Å². The number of para-hydroxylation sites is 1. The fraction of sp³-hybridized carbons (Fsp3) is 0.500. The first kappa shape index (κ1) is 15.1. The Kier molecular flexibility index (Phi) is 4.48. The molecule has 1 aromatic rings. The van der Waals surface area contributed by atoms with Crippen molar-refractivity contribution < 1.29 is 9.53 Å². The Hall–Kier alpha value is -1.81. The van der Waals surface area contributed by atoms with Crippen LogP contribution < -0.4 is 10.1 Å². The molecule has 0 spiro atoms. The van der Waals surface area contributed by atoms with Gasteiger partial charge in [0.1, 0.15) is 5.75 Å². The fourth-order valence-corrected chi connectivity index (χ4v) is 3.75. The Morgan fingerprint density at radius 3 is 2.64 bits per heavy atom. The maximum absolute atomic E-state index is 12.1. The normalized spacial score (nSPS) is 28.0. The van der Waals surface area contributed by atoms with Crippen LogP contribution in [0.15, 0.2) is 30.3 Å². The molecule has 2 bridgehead atoms. The van der Waals surface area contributed by atoms with Gasteiger partial charge >= 0.3 is 0 Å². The molecule has 2 unspecified atom stereocenters. The third-order valence-corrected chi connectivity index (χ3v) is 5.00. The Morgan fingerprint density at radius 2 is 1.95 bits per heavy atom. The summed E-state index contributed by atoms with van der Waals surface area (Å²) in [6.45, 7) is 0. The molecule has 1 N–H and O–H groups in total. The van der Waals surface area contributed by atoms with Crippen molar-refractivity contribution in [2.24, 2.45) is 0 Å². The number of hydrogen-bond acceptors (Lipinski definition) is 3. The number of carbonyl (C=O) groups is 1. The summed E-state index contributed by atoms with van der Waals surface area (Å²) in [5, 5.41) is 3.15. The number of hydrogen-bond donors (Lipinski definition) is 1. The van der Waals surface area contributed by atoms with Crippen molar-refractivity contribution >= 4 is 12.0 Å². The van der Waals surface area contributed by atoms with Crippen LogP contribution in [0.4, 0.5) is 0 Å². The number of nitrogens with one attached hydrogen (secondary N) is 1. The van der Waals surface area contributed by atoms with Crippen LogP contribution in [0.25, 0.3) is 6.08 Å². The summed E-state index contributed by atoms with van der Waals surface area (Å²) in [6.07, 6.45) is 8.10. The highest BCUT2D eigenvalue weighted by atomic mass is 16.5. The number of nitrogens with zero attached hydrogens (tertiary/aromatic N) is 1. The molecule has 2 saturated heterocycles. The first-order valence-corrected chi connectivity index (χ1v) is 8.01. The summed E-state index contributed by atoms with van der Waals surface area (Å²) in [5.41, 5.74) is 0.920. The first-order valence-electron chi connectivity index (χ1n) is 8.01. The largest absolute Gasteiger partial charge is 0.496 e.